The first-order chi connectivity index (χ1) is 10.0. The summed E-state index contributed by atoms with van der Waals surface area (Å²) >= 11 is 3.43. The van der Waals surface area contributed by atoms with Crippen LogP contribution in [-0.4, -0.2) is 17.9 Å². The molecule has 0 radical (unpaired) electrons. The van der Waals surface area contributed by atoms with Crippen molar-refractivity contribution in [1.29, 1.82) is 0 Å². The summed E-state index contributed by atoms with van der Waals surface area (Å²) in [4.78, 5) is 16.8. The SMILES string of the molecule is CCc1cc(C(=O)Nc2cc(C)cc(Br)c2)cc(NC)n1. The first-order valence-electron chi connectivity index (χ1n) is 6.79. The van der Waals surface area contributed by atoms with E-state index in [2.05, 4.69) is 31.5 Å². The van der Waals surface area contributed by atoms with Crippen LogP contribution in [0.2, 0.25) is 0 Å². The number of aryl methyl sites for hydroxylation is 2. The van der Waals surface area contributed by atoms with Crippen LogP contribution in [0, 0.1) is 6.92 Å². The number of rotatable bonds is 4. The second-order valence-electron chi connectivity index (χ2n) is 4.81. The van der Waals surface area contributed by atoms with Crippen LogP contribution in [0.1, 0.15) is 28.5 Å². The fourth-order valence-electron chi connectivity index (χ4n) is 2.04. The number of halogens is 1. The Kier molecular flexibility index (Phi) is 4.96. The van der Waals surface area contributed by atoms with Crippen LogP contribution in [0.15, 0.2) is 34.8 Å². The van der Waals surface area contributed by atoms with Gasteiger partial charge in [-0.2, -0.15) is 0 Å². The summed E-state index contributed by atoms with van der Waals surface area (Å²) in [5.74, 6) is 0.561. The van der Waals surface area contributed by atoms with Gasteiger partial charge in [-0.05, 0) is 49.2 Å². The van der Waals surface area contributed by atoms with Crippen molar-refractivity contribution < 1.29 is 4.79 Å². The molecular weight excluding hydrogens is 330 g/mol. The number of pyridine rings is 1. The molecule has 0 saturated heterocycles. The number of nitrogens with zero attached hydrogens (tertiary/aromatic N) is 1. The summed E-state index contributed by atoms with van der Waals surface area (Å²) in [7, 11) is 1.79. The van der Waals surface area contributed by atoms with Crippen molar-refractivity contribution in [2.45, 2.75) is 20.3 Å². The highest BCUT2D eigenvalue weighted by Crippen LogP contribution is 2.20. The van der Waals surface area contributed by atoms with Crippen molar-refractivity contribution in [2.24, 2.45) is 0 Å². The predicted octanol–water partition coefficient (Wildman–Crippen LogP) is 4.01. The van der Waals surface area contributed by atoms with Crippen LogP contribution in [0.5, 0.6) is 0 Å². The number of carbonyl (C=O) groups is 1. The molecule has 21 heavy (non-hydrogen) atoms. The third-order valence-electron chi connectivity index (χ3n) is 3.06. The quantitative estimate of drug-likeness (QED) is 0.878. The molecule has 0 aliphatic heterocycles. The largest absolute Gasteiger partial charge is 0.373 e. The lowest BCUT2D eigenvalue weighted by Gasteiger charge is -2.10. The minimum atomic E-state index is -0.138. The minimum Gasteiger partial charge on any atom is -0.373 e. The van der Waals surface area contributed by atoms with Gasteiger partial charge in [0.1, 0.15) is 5.82 Å². The van der Waals surface area contributed by atoms with E-state index >= 15 is 0 Å². The van der Waals surface area contributed by atoms with Gasteiger partial charge in [0, 0.05) is 28.5 Å². The van der Waals surface area contributed by atoms with Gasteiger partial charge in [0.05, 0.1) is 0 Å². The molecule has 0 unspecified atom stereocenters. The Balaban J connectivity index is 2.27. The van der Waals surface area contributed by atoms with Crippen molar-refractivity contribution in [3.8, 4) is 0 Å². The van der Waals surface area contributed by atoms with Crippen LogP contribution in [-0.2, 0) is 6.42 Å². The Labute approximate surface area is 133 Å². The Morgan fingerprint density at radius 3 is 2.62 bits per heavy atom. The van der Waals surface area contributed by atoms with E-state index in [1.807, 2.05) is 38.1 Å². The lowest BCUT2D eigenvalue weighted by molar-refractivity contribution is 0.102. The molecule has 0 bridgehead atoms. The van der Waals surface area contributed by atoms with Crippen LogP contribution in [0.3, 0.4) is 0 Å². The number of benzene rings is 1. The van der Waals surface area contributed by atoms with Crippen molar-refractivity contribution in [2.75, 3.05) is 17.7 Å². The number of hydrogen-bond acceptors (Lipinski definition) is 3. The molecule has 0 atom stereocenters. The topological polar surface area (TPSA) is 54.0 Å². The first-order valence-corrected chi connectivity index (χ1v) is 7.58. The fourth-order valence-corrected chi connectivity index (χ4v) is 2.65. The van der Waals surface area contributed by atoms with Crippen molar-refractivity contribution >= 4 is 33.3 Å². The van der Waals surface area contributed by atoms with E-state index in [1.165, 1.54) is 0 Å². The molecule has 1 aromatic heterocycles. The highest BCUT2D eigenvalue weighted by Gasteiger charge is 2.10. The first kappa shape index (κ1) is 15.5. The molecule has 0 aliphatic carbocycles. The third-order valence-corrected chi connectivity index (χ3v) is 3.52. The van der Waals surface area contributed by atoms with Crippen LogP contribution < -0.4 is 10.6 Å². The molecule has 2 N–H and O–H groups in total. The molecule has 2 aromatic rings. The molecule has 1 amide bonds. The molecule has 0 saturated carbocycles. The maximum atomic E-state index is 12.4. The van der Waals surface area contributed by atoms with E-state index in [9.17, 15) is 4.79 Å². The van der Waals surface area contributed by atoms with E-state index < -0.39 is 0 Å². The molecule has 0 aliphatic rings. The number of hydrogen-bond donors (Lipinski definition) is 2. The van der Waals surface area contributed by atoms with Gasteiger partial charge in [-0.25, -0.2) is 4.98 Å². The van der Waals surface area contributed by atoms with Gasteiger partial charge in [-0.15, -0.1) is 0 Å². The van der Waals surface area contributed by atoms with Gasteiger partial charge in [-0.1, -0.05) is 22.9 Å². The molecular formula is C16H18BrN3O. The molecule has 1 aromatic carbocycles. The highest BCUT2D eigenvalue weighted by atomic mass is 79.9. The number of nitrogens with one attached hydrogen (secondary N) is 2. The van der Waals surface area contributed by atoms with E-state index in [0.29, 0.717) is 11.4 Å². The average molecular weight is 348 g/mol. The van der Waals surface area contributed by atoms with E-state index in [4.69, 9.17) is 0 Å². The summed E-state index contributed by atoms with van der Waals surface area (Å²) in [6.07, 6.45) is 0.784. The molecule has 110 valence electrons. The number of carbonyl (C=O) groups excluding carboxylic acids is 1. The average Bonchev–Trinajstić information content (AvgIpc) is 2.45. The highest BCUT2D eigenvalue weighted by molar-refractivity contribution is 9.10. The van der Waals surface area contributed by atoms with Gasteiger partial charge in [0.25, 0.3) is 5.91 Å². The van der Waals surface area contributed by atoms with Gasteiger partial charge < -0.3 is 10.6 Å². The molecule has 5 heteroatoms. The van der Waals surface area contributed by atoms with E-state index in [0.717, 1.165) is 27.8 Å². The van der Waals surface area contributed by atoms with Crippen LogP contribution in [0.4, 0.5) is 11.5 Å². The Morgan fingerprint density at radius 2 is 2.00 bits per heavy atom. The minimum absolute atomic E-state index is 0.138. The molecule has 2 rings (SSSR count). The standard InChI is InChI=1S/C16H18BrN3O/c1-4-13-7-11(8-15(18-3)19-13)16(21)20-14-6-10(2)5-12(17)9-14/h5-9H,4H2,1-3H3,(H,18,19)(H,20,21). The van der Waals surface area contributed by atoms with Crippen molar-refractivity contribution in [1.82, 2.24) is 4.98 Å². The van der Waals surface area contributed by atoms with Crippen molar-refractivity contribution in [3.63, 3.8) is 0 Å². The lowest BCUT2D eigenvalue weighted by atomic mass is 10.1. The molecule has 4 nitrogen and oxygen atoms in total. The number of aromatic nitrogens is 1. The van der Waals surface area contributed by atoms with Crippen molar-refractivity contribution in [3.05, 3.63) is 51.6 Å². The van der Waals surface area contributed by atoms with Crippen LogP contribution in [0.25, 0.3) is 0 Å². The maximum Gasteiger partial charge on any atom is 0.255 e. The van der Waals surface area contributed by atoms with Gasteiger partial charge in [0.15, 0.2) is 0 Å². The second kappa shape index (κ2) is 6.72. The fraction of sp³-hybridized carbons (Fsp3) is 0.250. The third kappa shape index (κ3) is 4.04. The van der Waals surface area contributed by atoms with E-state index in [-0.39, 0.29) is 5.91 Å². The molecule has 0 spiro atoms. The Bertz CT molecular complexity index is 628. The summed E-state index contributed by atoms with van der Waals surface area (Å²) in [6, 6.07) is 9.38. The Hall–Kier alpha value is -1.88. The lowest BCUT2D eigenvalue weighted by Crippen LogP contribution is -2.13. The van der Waals surface area contributed by atoms with Gasteiger partial charge >= 0.3 is 0 Å². The van der Waals surface area contributed by atoms with E-state index in [1.54, 1.807) is 13.1 Å². The summed E-state index contributed by atoms with van der Waals surface area (Å²) < 4.78 is 0.942. The Morgan fingerprint density at radius 1 is 1.24 bits per heavy atom. The number of anilines is 2. The van der Waals surface area contributed by atoms with Gasteiger partial charge in [0.2, 0.25) is 0 Å². The summed E-state index contributed by atoms with van der Waals surface area (Å²) in [6.45, 7) is 4.00. The molecule has 1 heterocycles. The van der Waals surface area contributed by atoms with Crippen LogP contribution >= 0.6 is 15.9 Å². The summed E-state index contributed by atoms with van der Waals surface area (Å²) in [5.41, 5.74) is 3.34. The normalized spacial score (nSPS) is 10.3. The zero-order valence-electron chi connectivity index (χ0n) is 12.3. The predicted molar refractivity (Wildman–Crippen MR) is 90.0 cm³/mol. The second-order valence-corrected chi connectivity index (χ2v) is 5.72. The van der Waals surface area contributed by atoms with Gasteiger partial charge in [-0.3, -0.25) is 4.79 Å². The monoisotopic (exact) mass is 347 g/mol. The molecule has 0 fully saturated rings. The number of amides is 1. The summed E-state index contributed by atoms with van der Waals surface area (Å²) in [5, 5.41) is 5.90. The maximum absolute atomic E-state index is 12.4. The zero-order chi connectivity index (χ0) is 15.4. The smallest absolute Gasteiger partial charge is 0.255 e. The zero-order valence-corrected chi connectivity index (χ0v) is 13.9.